The molecule has 144 valence electrons. The van der Waals surface area contributed by atoms with Gasteiger partial charge in [-0.2, -0.15) is 0 Å². The number of nitrogens with one attached hydrogen (secondary N) is 1. The molecule has 0 aliphatic carbocycles. The highest BCUT2D eigenvalue weighted by molar-refractivity contribution is 7.10. The molecular weight excluding hydrogens is 377 g/mol. The lowest BCUT2D eigenvalue weighted by molar-refractivity contribution is -0.116. The zero-order valence-corrected chi connectivity index (χ0v) is 16.2. The Kier molecular flexibility index (Phi) is 5.30. The van der Waals surface area contributed by atoms with Gasteiger partial charge in [0.25, 0.3) is 0 Å². The molecule has 1 amide bonds. The van der Waals surface area contributed by atoms with Crippen molar-refractivity contribution in [2.75, 3.05) is 11.9 Å². The minimum absolute atomic E-state index is 0.00843. The van der Waals surface area contributed by atoms with Gasteiger partial charge in [-0.25, -0.2) is 4.39 Å². The number of hydrogen-bond acceptors (Lipinski definition) is 4. The predicted octanol–water partition coefficient (Wildman–Crippen LogP) is 5.34. The number of benzene rings is 2. The van der Waals surface area contributed by atoms with Gasteiger partial charge >= 0.3 is 0 Å². The largest absolute Gasteiger partial charge is 0.490 e. The van der Waals surface area contributed by atoms with Gasteiger partial charge in [-0.3, -0.25) is 4.79 Å². The van der Waals surface area contributed by atoms with Crippen LogP contribution < -0.4 is 14.8 Å². The first kappa shape index (κ1) is 18.5. The minimum atomic E-state index is -0.271. The molecule has 1 aliphatic heterocycles. The second-order valence-corrected chi connectivity index (χ2v) is 7.51. The molecule has 1 aliphatic rings. The van der Waals surface area contributed by atoms with Gasteiger partial charge in [-0.15, -0.1) is 11.3 Å². The Morgan fingerprint density at radius 3 is 2.71 bits per heavy atom. The summed E-state index contributed by atoms with van der Waals surface area (Å²) in [5.74, 6) is 1.03. The Morgan fingerprint density at radius 1 is 1.11 bits per heavy atom. The van der Waals surface area contributed by atoms with Crippen LogP contribution in [0.3, 0.4) is 0 Å². The van der Waals surface area contributed by atoms with E-state index in [9.17, 15) is 9.18 Å². The van der Waals surface area contributed by atoms with Gasteiger partial charge in [0.1, 0.15) is 12.4 Å². The molecule has 1 aromatic heterocycles. The lowest BCUT2D eigenvalue weighted by Gasteiger charge is -2.24. The number of hydrogen-bond donors (Lipinski definition) is 1. The molecule has 4 nitrogen and oxygen atoms in total. The zero-order valence-electron chi connectivity index (χ0n) is 15.4. The van der Waals surface area contributed by atoms with E-state index in [1.807, 2.05) is 36.6 Å². The maximum absolute atomic E-state index is 13.1. The van der Waals surface area contributed by atoms with Gasteiger partial charge in [0, 0.05) is 17.2 Å². The summed E-state index contributed by atoms with van der Waals surface area (Å²) in [7, 11) is 0. The Morgan fingerprint density at radius 2 is 1.93 bits per heavy atom. The van der Waals surface area contributed by atoms with E-state index in [-0.39, 0.29) is 17.6 Å². The second kappa shape index (κ2) is 8.02. The van der Waals surface area contributed by atoms with E-state index in [1.165, 1.54) is 12.1 Å². The summed E-state index contributed by atoms with van der Waals surface area (Å²) >= 11 is 1.65. The predicted molar refractivity (Wildman–Crippen MR) is 108 cm³/mol. The molecule has 3 aromatic rings. The van der Waals surface area contributed by atoms with Crippen LogP contribution in [0.2, 0.25) is 0 Å². The number of carbonyl (C=O) groups excluding carboxylic acids is 1. The van der Waals surface area contributed by atoms with Crippen LogP contribution in [0.1, 0.15) is 35.3 Å². The molecule has 0 fully saturated rings. The molecule has 2 heterocycles. The van der Waals surface area contributed by atoms with Crippen molar-refractivity contribution in [2.45, 2.75) is 25.9 Å². The number of anilines is 1. The van der Waals surface area contributed by atoms with Gasteiger partial charge in [0.05, 0.1) is 12.3 Å². The van der Waals surface area contributed by atoms with E-state index in [4.69, 9.17) is 9.47 Å². The fourth-order valence-electron chi connectivity index (χ4n) is 3.31. The number of ether oxygens (including phenoxy) is 2. The summed E-state index contributed by atoms with van der Waals surface area (Å²) in [6.07, 6.45) is 0.412. The van der Waals surface area contributed by atoms with Gasteiger partial charge in [0.15, 0.2) is 11.5 Å². The Labute approximate surface area is 166 Å². The second-order valence-electron chi connectivity index (χ2n) is 6.56. The lowest BCUT2D eigenvalue weighted by atomic mass is 9.90. The average molecular weight is 397 g/mol. The van der Waals surface area contributed by atoms with Crippen molar-refractivity contribution in [1.82, 2.24) is 0 Å². The number of rotatable bonds is 6. The van der Waals surface area contributed by atoms with Crippen molar-refractivity contribution < 1.29 is 18.7 Å². The van der Waals surface area contributed by atoms with Crippen molar-refractivity contribution in [2.24, 2.45) is 0 Å². The quantitative estimate of drug-likeness (QED) is 0.611. The average Bonchev–Trinajstić information content (AvgIpc) is 3.16. The molecule has 0 radical (unpaired) electrons. The molecule has 0 bridgehead atoms. The number of carbonyl (C=O) groups is 1. The standard InChI is InChI=1S/C22H20FNO3S/c1-2-26-20-11-15(17-12-21(25)24-18-9-10-28-22(17)18)5-8-19(20)27-13-14-3-6-16(23)7-4-14/h3-11,17H,2,12-13H2,1H3,(H,24,25)/t17-/m0/s1. The van der Waals surface area contributed by atoms with E-state index >= 15 is 0 Å². The number of halogens is 1. The fourth-order valence-corrected chi connectivity index (χ4v) is 4.29. The molecule has 0 unspecified atom stereocenters. The van der Waals surface area contributed by atoms with Crippen LogP contribution in [0, 0.1) is 5.82 Å². The molecule has 4 rings (SSSR count). The summed E-state index contributed by atoms with van der Waals surface area (Å²) in [5, 5.41) is 4.91. The zero-order chi connectivity index (χ0) is 19.5. The molecule has 2 aromatic carbocycles. The lowest BCUT2D eigenvalue weighted by Crippen LogP contribution is -2.22. The minimum Gasteiger partial charge on any atom is -0.490 e. The summed E-state index contributed by atoms with van der Waals surface area (Å²) in [6.45, 7) is 2.74. The fraction of sp³-hybridized carbons (Fsp3) is 0.227. The highest BCUT2D eigenvalue weighted by Crippen LogP contribution is 2.42. The SMILES string of the molecule is CCOc1cc([C@@H]2CC(=O)Nc3ccsc32)ccc1OCc1ccc(F)cc1. The summed E-state index contributed by atoms with van der Waals surface area (Å²) in [5.41, 5.74) is 2.79. The maximum Gasteiger partial charge on any atom is 0.225 e. The Balaban J connectivity index is 1.59. The summed E-state index contributed by atoms with van der Waals surface area (Å²) < 4.78 is 24.8. The summed E-state index contributed by atoms with van der Waals surface area (Å²) in [4.78, 5) is 13.2. The molecule has 28 heavy (non-hydrogen) atoms. The van der Waals surface area contributed by atoms with E-state index in [0.29, 0.717) is 31.1 Å². The molecule has 0 spiro atoms. The highest BCUT2D eigenvalue weighted by atomic mass is 32.1. The third kappa shape index (κ3) is 3.87. The molecule has 0 saturated heterocycles. The maximum atomic E-state index is 13.1. The topological polar surface area (TPSA) is 47.6 Å². The van der Waals surface area contributed by atoms with E-state index < -0.39 is 0 Å². The van der Waals surface area contributed by atoms with Gasteiger partial charge < -0.3 is 14.8 Å². The van der Waals surface area contributed by atoms with Crippen LogP contribution in [-0.4, -0.2) is 12.5 Å². The first-order valence-electron chi connectivity index (χ1n) is 9.15. The number of thiophene rings is 1. The van der Waals surface area contributed by atoms with Crippen molar-refractivity contribution in [3.05, 3.63) is 75.7 Å². The molecule has 6 heteroatoms. The third-order valence-corrected chi connectivity index (χ3v) is 5.68. The number of amides is 1. The van der Waals surface area contributed by atoms with Crippen LogP contribution >= 0.6 is 11.3 Å². The van der Waals surface area contributed by atoms with Crippen molar-refractivity contribution in [3.63, 3.8) is 0 Å². The normalized spacial score (nSPS) is 15.6. The molecule has 0 saturated carbocycles. The Bertz CT molecular complexity index is 984. The smallest absolute Gasteiger partial charge is 0.225 e. The van der Waals surface area contributed by atoms with Crippen LogP contribution in [0.5, 0.6) is 11.5 Å². The first-order valence-corrected chi connectivity index (χ1v) is 10.0. The van der Waals surface area contributed by atoms with Crippen LogP contribution in [-0.2, 0) is 11.4 Å². The van der Waals surface area contributed by atoms with Gasteiger partial charge in [-0.05, 0) is 53.8 Å². The van der Waals surface area contributed by atoms with Crippen molar-refractivity contribution >= 4 is 22.9 Å². The van der Waals surface area contributed by atoms with E-state index in [0.717, 1.165) is 21.7 Å². The highest BCUT2D eigenvalue weighted by Gasteiger charge is 2.28. The Hall–Kier alpha value is -2.86. The van der Waals surface area contributed by atoms with Gasteiger partial charge in [0.2, 0.25) is 5.91 Å². The van der Waals surface area contributed by atoms with Crippen LogP contribution in [0.25, 0.3) is 0 Å². The van der Waals surface area contributed by atoms with Crippen molar-refractivity contribution in [3.8, 4) is 11.5 Å². The summed E-state index contributed by atoms with van der Waals surface area (Å²) in [6, 6.07) is 14.0. The van der Waals surface area contributed by atoms with Crippen molar-refractivity contribution in [1.29, 1.82) is 0 Å². The molecule has 1 N–H and O–H groups in total. The monoisotopic (exact) mass is 397 g/mol. The van der Waals surface area contributed by atoms with Crippen LogP contribution in [0.4, 0.5) is 10.1 Å². The molecular formula is C22H20FNO3S. The first-order chi connectivity index (χ1) is 13.6. The van der Waals surface area contributed by atoms with E-state index in [1.54, 1.807) is 23.5 Å². The van der Waals surface area contributed by atoms with Crippen LogP contribution in [0.15, 0.2) is 53.9 Å². The van der Waals surface area contributed by atoms with Gasteiger partial charge in [-0.1, -0.05) is 18.2 Å². The third-order valence-electron chi connectivity index (χ3n) is 4.65. The van der Waals surface area contributed by atoms with E-state index in [2.05, 4.69) is 5.32 Å². The molecule has 1 atom stereocenters. The number of fused-ring (bicyclic) bond motifs is 1.